The number of carbonyl (C=O) groups excluding carboxylic acids is 1. The molecule has 2 rings (SSSR count). The van der Waals surface area contributed by atoms with Crippen molar-refractivity contribution in [2.75, 3.05) is 13.1 Å². The van der Waals surface area contributed by atoms with Crippen LogP contribution in [0, 0.1) is 0 Å². The molecule has 8 nitrogen and oxygen atoms in total. The molecule has 1 aromatic rings. The molecule has 1 aromatic heterocycles. The van der Waals surface area contributed by atoms with Gasteiger partial charge in [-0.2, -0.15) is 4.98 Å². The summed E-state index contributed by atoms with van der Waals surface area (Å²) in [4.78, 5) is 15.9. The number of piperidine rings is 1. The average molecular weight is 283 g/mol. The topological polar surface area (TPSA) is 112 Å². The van der Waals surface area contributed by atoms with E-state index in [1.807, 2.05) is 13.8 Å². The van der Waals surface area contributed by atoms with Crippen LogP contribution >= 0.6 is 0 Å². The summed E-state index contributed by atoms with van der Waals surface area (Å²) < 4.78 is 5.04. The largest absolute Gasteiger partial charge is 0.391 e. The Balaban J connectivity index is 1.76. The van der Waals surface area contributed by atoms with E-state index in [0.717, 1.165) is 6.54 Å². The van der Waals surface area contributed by atoms with Crippen molar-refractivity contribution in [3.8, 4) is 0 Å². The minimum Gasteiger partial charge on any atom is -0.391 e. The van der Waals surface area contributed by atoms with Crippen LogP contribution in [0.3, 0.4) is 0 Å². The van der Waals surface area contributed by atoms with Crippen LogP contribution in [0.25, 0.3) is 0 Å². The number of aliphatic hydroxyl groups is 1. The first kappa shape index (κ1) is 14.7. The van der Waals surface area contributed by atoms with Crippen LogP contribution in [-0.4, -0.2) is 46.5 Å². The molecule has 112 valence electrons. The van der Waals surface area contributed by atoms with Crippen LogP contribution in [0.4, 0.5) is 4.79 Å². The van der Waals surface area contributed by atoms with Crippen LogP contribution in [0.15, 0.2) is 4.52 Å². The average Bonchev–Trinajstić information content (AvgIpc) is 2.88. The summed E-state index contributed by atoms with van der Waals surface area (Å²) in [5.74, 6) is 1.15. The molecule has 1 saturated heterocycles. The van der Waals surface area contributed by atoms with E-state index in [1.54, 1.807) is 0 Å². The first-order valence-corrected chi connectivity index (χ1v) is 6.82. The molecule has 1 aliphatic rings. The van der Waals surface area contributed by atoms with Crippen LogP contribution in [-0.2, 0) is 6.54 Å². The number of amides is 2. The van der Waals surface area contributed by atoms with Crippen LogP contribution < -0.4 is 16.0 Å². The van der Waals surface area contributed by atoms with Crippen molar-refractivity contribution in [2.45, 2.75) is 44.9 Å². The van der Waals surface area contributed by atoms with Crippen LogP contribution in [0.5, 0.6) is 0 Å². The maximum Gasteiger partial charge on any atom is 0.315 e. The van der Waals surface area contributed by atoms with E-state index < -0.39 is 6.10 Å². The minimum atomic E-state index is -0.514. The molecule has 2 amide bonds. The zero-order chi connectivity index (χ0) is 14.5. The minimum absolute atomic E-state index is 0.161. The summed E-state index contributed by atoms with van der Waals surface area (Å²) in [6.45, 7) is 5.43. The monoisotopic (exact) mass is 283 g/mol. The summed E-state index contributed by atoms with van der Waals surface area (Å²) in [7, 11) is 0. The predicted molar refractivity (Wildman–Crippen MR) is 71.0 cm³/mol. The number of hydrogen-bond donors (Lipinski definition) is 4. The maximum atomic E-state index is 11.7. The van der Waals surface area contributed by atoms with E-state index in [4.69, 9.17) is 4.52 Å². The van der Waals surface area contributed by atoms with Gasteiger partial charge in [-0.1, -0.05) is 19.0 Å². The van der Waals surface area contributed by atoms with Crippen molar-refractivity contribution in [3.63, 3.8) is 0 Å². The second-order valence-electron chi connectivity index (χ2n) is 5.20. The standard InChI is InChI=1S/C12H21N5O3/c1-7(2)11-16-10(17-20-11)6-14-12(19)15-8-5-13-4-3-9(8)18/h7-9,13,18H,3-6H2,1-2H3,(H2,14,15,19)/t8-,9+/m0/s1. The molecule has 1 fully saturated rings. The molecule has 0 aliphatic carbocycles. The summed E-state index contributed by atoms with van der Waals surface area (Å²) in [5.41, 5.74) is 0. The molecule has 0 saturated carbocycles. The Morgan fingerprint density at radius 3 is 3.05 bits per heavy atom. The number of hydrogen-bond acceptors (Lipinski definition) is 6. The van der Waals surface area contributed by atoms with E-state index in [0.29, 0.717) is 24.7 Å². The van der Waals surface area contributed by atoms with Gasteiger partial charge in [0, 0.05) is 12.5 Å². The lowest BCUT2D eigenvalue weighted by Gasteiger charge is -2.28. The molecule has 20 heavy (non-hydrogen) atoms. The number of rotatable bonds is 4. The predicted octanol–water partition coefficient (Wildman–Crippen LogP) is -0.285. The summed E-state index contributed by atoms with van der Waals surface area (Å²) in [6.07, 6.45) is 0.118. The molecule has 0 radical (unpaired) electrons. The van der Waals surface area contributed by atoms with E-state index in [2.05, 4.69) is 26.1 Å². The normalized spacial score (nSPS) is 22.8. The van der Waals surface area contributed by atoms with Gasteiger partial charge >= 0.3 is 6.03 Å². The van der Waals surface area contributed by atoms with Crippen molar-refractivity contribution in [3.05, 3.63) is 11.7 Å². The molecule has 4 N–H and O–H groups in total. The Morgan fingerprint density at radius 2 is 2.40 bits per heavy atom. The fourth-order valence-electron chi connectivity index (χ4n) is 1.94. The third kappa shape index (κ3) is 3.91. The van der Waals surface area contributed by atoms with Crippen molar-refractivity contribution in [1.82, 2.24) is 26.1 Å². The number of carbonyl (C=O) groups is 1. The highest BCUT2D eigenvalue weighted by atomic mass is 16.5. The lowest BCUT2D eigenvalue weighted by molar-refractivity contribution is 0.102. The number of aromatic nitrogens is 2. The van der Waals surface area contributed by atoms with Crippen molar-refractivity contribution in [2.24, 2.45) is 0 Å². The molecule has 2 atom stereocenters. The molecule has 8 heteroatoms. The van der Waals surface area contributed by atoms with Gasteiger partial charge < -0.3 is 25.6 Å². The summed E-state index contributed by atoms with van der Waals surface area (Å²) >= 11 is 0. The molecule has 0 aromatic carbocycles. The van der Waals surface area contributed by atoms with Gasteiger partial charge in [-0.05, 0) is 13.0 Å². The van der Waals surface area contributed by atoms with Gasteiger partial charge in [0.1, 0.15) is 0 Å². The van der Waals surface area contributed by atoms with E-state index >= 15 is 0 Å². The van der Waals surface area contributed by atoms with Gasteiger partial charge in [0.25, 0.3) is 0 Å². The third-order valence-electron chi connectivity index (χ3n) is 3.15. The second kappa shape index (κ2) is 6.67. The third-order valence-corrected chi connectivity index (χ3v) is 3.15. The molecule has 0 bridgehead atoms. The van der Waals surface area contributed by atoms with Crippen molar-refractivity contribution in [1.29, 1.82) is 0 Å². The Morgan fingerprint density at radius 1 is 1.60 bits per heavy atom. The summed E-state index contributed by atoms with van der Waals surface area (Å²) in [5, 5.41) is 22.0. The summed E-state index contributed by atoms with van der Waals surface area (Å²) in [6, 6.07) is -0.631. The lowest BCUT2D eigenvalue weighted by atomic mass is 10.0. The zero-order valence-corrected chi connectivity index (χ0v) is 11.7. The SMILES string of the molecule is CC(C)c1nc(CNC(=O)N[C@H]2CNCC[C@H]2O)no1. The smallest absolute Gasteiger partial charge is 0.315 e. The van der Waals surface area contributed by atoms with Gasteiger partial charge in [-0.3, -0.25) is 0 Å². The Hall–Kier alpha value is -1.67. The highest BCUT2D eigenvalue weighted by Gasteiger charge is 2.24. The van der Waals surface area contributed by atoms with Crippen LogP contribution in [0.2, 0.25) is 0 Å². The molecular formula is C12H21N5O3. The number of nitrogens with one attached hydrogen (secondary N) is 3. The Labute approximate surface area is 117 Å². The van der Waals surface area contributed by atoms with E-state index in [9.17, 15) is 9.90 Å². The number of nitrogens with zero attached hydrogens (tertiary/aromatic N) is 2. The Kier molecular flexibility index (Phi) is 4.91. The first-order valence-electron chi connectivity index (χ1n) is 6.82. The highest BCUT2D eigenvalue weighted by Crippen LogP contribution is 2.10. The highest BCUT2D eigenvalue weighted by molar-refractivity contribution is 5.74. The lowest BCUT2D eigenvalue weighted by Crippen LogP contribution is -2.55. The molecule has 2 heterocycles. The van der Waals surface area contributed by atoms with Crippen molar-refractivity contribution < 1.29 is 14.4 Å². The van der Waals surface area contributed by atoms with Gasteiger partial charge in [-0.25, -0.2) is 4.79 Å². The van der Waals surface area contributed by atoms with Crippen LogP contribution in [0.1, 0.15) is 37.9 Å². The number of urea groups is 1. The van der Waals surface area contributed by atoms with E-state index in [1.165, 1.54) is 0 Å². The molecule has 0 unspecified atom stereocenters. The first-order chi connectivity index (χ1) is 9.56. The Bertz CT molecular complexity index is 448. The quantitative estimate of drug-likeness (QED) is 0.604. The second-order valence-corrected chi connectivity index (χ2v) is 5.20. The fraction of sp³-hybridized carbons (Fsp3) is 0.750. The fourth-order valence-corrected chi connectivity index (χ4v) is 1.94. The molecule has 0 spiro atoms. The van der Waals surface area contributed by atoms with Gasteiger partial charge in [0.05, 0.1) is 18.7 Å². The van der Waals surface area contributed by atoms with Crippen molar-refractivity contribution >= 4 is 6.03 Å². The van der Waals surface area contributed by atoms with Gasteiger partial charge in [0.2, 0.25) is 5.89 Å². The zero-order valence-electron chi connectivity index (χ0n) is 11.7. The maximum absolute atomic E-state index is 11.7. The van der Waals surface area contributed by atoms with E-state index in [-0.39, 0.29) is 24.5 Å². The van der Waals surface area contributed by atoms with Gasteiger partial charge in [-0.15, -0.1) is 0 Å². The number of aliphatic hydroxyl groups excluding tert-OH is 1. The molecular weight excluding hydrogens is 262 g/mol. The molecule has 1 aliphatic heterocycles. The van der Waals surface area contributed by atoms with Gasteiger partial charge in [0.15, 0.2) is 5.82 Å².